The van der Waals surface area contributed by atoms with Gasteiger partial charge in [-0.2, -0.15) is 0 Å². The molecule has 3 rings (SSSR count). The van der Waals surface area contributed by atoms with E-state index >= 15 is 0 Å². The van der Waals surface area contributed by atoms with E-state index in [4.69, 9.17) is 0 Å². The first-order valence-corrected chi connectivity index (χ1v) is 10.9. The lowest BCUT2D eigenvalue weighted by Crippen LogP contribution is -2.45. The minimum Gasteiger partial charge on any atom is -0.357 e. The highest BCUT2D eigenvalue weighted by Crippen LogP contribution is 2.23. The summed E-state index contributed by atoms with van der Waals surface area (Å²) in [5.74, 6) is 1.19. The second kappa shape index (κ2) is 12.9. The number of nitrogens with zero attached hydrogens (tertiary/aromatic N) is 3. The Morgan fingerprint density at radius 2 is 2.07 bits per heavy atom. The van der Waals surface area contributed by atoms with Crippen molar-refractivity contribution in [1.29, 1.82) is 0 Å². The number of carbonyl (C=O) groups is 1. The van der Waals surface area contributed by atoms with E-state index in [9.17, 15) is 9.18 Å². The number of hydrogen-bond donors (Lipinski definition) is 3. The minimum atomic E-state index is -0.289. The third kappa shape index (κ3) is 7.24. The third-order valence-electron chi connectivity index (χ3n) is 5.57. The summed E-state index contributed by atoms with van der Waals surface area (Å²) in [6.07, 6.45) is 8.09. The van der Waals surface area contributed by atoms with Crippen molar-refractivity contribution in [2.75, 3.05) is 37.6 Å². The highest BCUT2D eigenvalue weighted by molar-refractivity contribution is 14.0. The van der Waals surface area contributed by atoms with Gasteiger partial charge >= 0.3 is 0 Å². The molecule has 0 radical (unpaired) electrons. The second-order valence-electron chi connectivity index (χ2n) is 7.77. The average molecular weight is 532 g/mol. The molecule has 1 atom stereocenters. The van der Waals surface area contributed by atoms with Crippen molar-refractivity contribution in [3.05, 3.63) is 24.1 Å². The molecule has 0 spiro atoms. The van der Waals surface area contributed by atoms with Crippen LogP contribution in [0.3, 0.4) is 0 Å². The van der Waals surface area contributed by atoms with E-state index in [0.29, 0.717) is 25.5 Å². The van der Waals surface area contributed by atoms with Gasteiger partial charge in [-0.3, -0.25) is 9.79 Å². The fourth-order valence-corrected chi connectivity index (χ4v) is 4.05. The normalized spacial score (nSPS) is 19.9. The number of guanidine groups is 1. The van der Waals surface area contributed by atoms with Crippen LogP contribution in [0.4, 0.5) is 10.2 Å². The van der Waals surface area contributed by atoms with Crippen LogP contribution in [0.15, 0.2) is 23.3 Å². The van der Waals surface area contributed by atoms with Crippen LogP contribution in [0.2, 0.25) is 0 Å². The number of nitrogens with one attached hydrogen (secondary N) is 3. The van der Waals surface area contributed by atoms with Crippen LogP contribution < -0.4 is 20.9 Å². The van der Waals surface area contributed by atoms with E-state index in [1.54, 1.807) is 12.3 Å². The first kappa shape index (κ1) is 24.6. The maximum Gasteiger partial charge on any atom is 0.223 e. The molecule has 2 heterocycles. The summed E-state index contributed by atoms with van der Waals surface area (Å²) in [5, 5.41) is 9.69. The lowest BCUT2D eigenvalue weighted by molar-refractivity contribution is -0.125. The van der Waals surface area contributed by atoms with Gasteiger partial charge in [-0.15, -0.1) is 24.0 Å². The number of rotatable bonds is 7. The summed E-state index contributed by atoms with van der Waals surface area (Å²) in [5.41, 5.74) is 0. The molecule has 0 aromatic carbocycles. The number of halogens is 2. The molecule has 3 N–H and O–H groups in total. The molecule has 1 saturated carbocycles. The van der Waals surface area contributed by atoms with Crippen LogP contribution in [0.5, 0.6) is 0 Å². The van der Waals surface area contributed by atoms with Gasteiger partial charge in [0.05, 0.1) is 6.54 Å². The SMILES string of the molecule is CCNC(=NCCNC(=O)C1CCCCC1)NC1CCN(c2ncccc2F)C1.I. The fourth-order valence-electron chi connectivity index (χ4n) is 4.05. The van der Waals surface area contributed by atoms with E-state index in [1.165, 1.54) is 12.5 Å². The molecule has 2 aliphatic rings. The van der Waals surface area contributed by atoms with Gasteiger partial charge in [0.15, 0.2) is 17.6 Å². The highest BCUT2D eigenvalue weighted by Gasteiger charge is 2.26. The topological polar surface area (TPSA) is 81.6 Å². The maximum absolute atomic E-state index is 14.0. The Hall–Kier alpha value is -1.65. The lowest BCUT2D eigenvalue weighted by atomic mass is 9.89. The molecule has 1 unspecified atom stereocenters. The molecule has 2 fully saturated rings. The number of aliphatic imine (C=N–C) groups is 1. The number of hydrogen-bond acceptors (Lipinski definition) is 4. The zero-order chi connectivity index (χ0) is 20.5. The predicted octanol–water partition coefficient (Wildman–Crippen LogP) is 2.67. The molecule has 7 nitrogen and oxygen atoms in total. The number of amides is 1. The number of pyridine rings is 1. The summed E-state index contributed by atoms with van der Waals surface area (Å²) in [6, 6.07) is 3.22. The van der Waals surface area contributed by atoms with E-state index in [-0.39, 0.29) is 47.7 Å². The number of aromatic nitrogens is 1. The van der Waals surface area contributed by atoms with Crippen LogP contribution in [0.25, 0.3) is 0 Å². The zero-order valence-electron chi connectivity index (χ0n) is 17.7. The minimum absolute atomic E-state index is 0. The Morgan fingerprint density at radius 1 is 1.27 bits per heavy atom. The maximum atomic E-state index is 14.0. The molecule has 1 aliphatic heterocycles. The second-order valence-corrected chi connectivity index (χ2v) is 7.77. The van der Waals surface area contributed by atoms with Crippen molar-refractivity contribution in [3.63, 3.8) is 0 Å². The van der Waals surface area contributed by atoms with E-state index in [1.807, 2.05) is 11.8 Å². The van der Waals surface area contributed by atoms with Gasteiger partial charge in [-0.05, 0) is 38.3 Å². The van der Waals surface area contributed by atoms with Crippen LogP contribution in [-0.4, -0.2) is 55.6 Å². The molecule has 30 heavy (non-hydrogen) atoms. The Bertz CT molecular complexity index is 698. The first-order chi connectivity index (χ1) is 14.2. The van der Waals surface area contributed by atoms with Gasteiger partial charge in [0.25, 0.3) is 0 Å². The Balaban J connectivity index is 0.00000320. The largest absolute Gasteiger partial charge is 0.357 e. The van der Waals surface area contributed by atoms with Crippen LogP contribution in [0, 0.1) is 11.7 Å². The van der Waals surface area contributed by atoms with E-state index < -0.39 is 0 Å². The molecule has 1 amide bonds. The summed E-state index contributed by atoms with van der Waals surface area (Å²) >= 11 is 0. The van der Waals surface area contributed by atoms with E-state index in [2.05, 4.69) is 25.9 Å². The van der Waals surface area contributed by atoms with Crippen molar-refractivity contribution >= 4 is 41.7 Å². The fraction of sp³-hybridized carbons (Fsp3) is 0.667. The standard InChI is InChI=1S/C21H33FN6O.HI/c1-2-23-21(26-13-12-25-20(29)16-7-4-3-5-8-16)27-17-10-14-28(15-17)19-18(22)9-6-11-24-19;/h6,9,11,16-17H,2-5,7-8,10,12-15H2,1H3,(H,25,29)(H2,23,26,27);1H. The third-order valence-corrected chi connectivity index (χ3v) is 5.57. The van der Waals surface area contributed by atoms with Gasteiger partial charge in [-0.1, -0.05) is 19.3 Å². The Morgan fingerprint density at radius 3 is 2.80 bits per heavy atom. The lowest BCUT2D eigenvalue weighted by Gasteiger charge is -2.21. The van der Waals surface area contributed by atoms with Crippen LogP contribution in [-0.2, 0) is 4.79 Å². The van der Waals surface area contributed by atoms with Crippen molar-refractivity contribution in [2.24, 2.45) is 10.9 Å². The molecule has 1 aliphatic carbocycles. The van der Waals surface area contributed by atoms with Crippen molar-refractivity contribution in [3.8, 4) is 0 Å². The molecule has 0 bridgehead atoms. The van der Waals surface area contributed by atoms with Gasteiger partial charge in [-0.25, -0.2) is 9.37 Å². The smallest absolute Gasteiger partial charge is 0.223 e. The molecular weight excluding hydrogens is 498 g/mol. The number of carbonyl (C=O) groups excluding carboxylic acids is 1. The quantitative estimate of drug-likeness (QED) is 0.218. The van der Waals surface area contributed by atoms with Gasteiger partial charge in [0, 0.05) is 44.3 Å². The number of anilines is 1. The molecule has 9 heteroatoms. The van der Waals surface area contributed by atoms with Gasteiger partial charge < -0.3 is 20.9 Å². The molecular formula is C21H34FIN6O. The first-order valence-electron chi connectivity index (χ1n) is 10.9. The van der Waals surface area contributed by atoms with Crippen LogP contribution >= 0.6 is 24.0 Å². The molecule has 1 saturated heterocycles. The van der Waals surface area contributed by atoms with Crippen molar-refractivity contribution in [1.82, 2.24) is 20.9 Å². The molecule has 1 aromatic heterocycles. The van der Waals surface area contributed by atoms with Gasteiger partial charge in [0.2, 0.25) is 5.91 Å². The average Bonchev–Trinajstić information content (AvgIpc) is 3.20. The highest BCUT2D eigenvalue weighted by atomic mass is 127. The monoisotopic (exact) mass is 532 g/mol. The summed E-state index contributed by atoms with van der Waals surface area (Å²) in [4.78, 5) is 22.9. The summed E-state index contributed by atoms with van der Waals surface area (Å²) in [6.45, 7) is 5.28. The van der Waals surface area contributed by atoms with Crippen molar-refractivity contribution < 1.29 is 9.18 Å². The predicted molar refractivity (Wildman–Crippen MR) is 129 cm³/mol. The summed E-state index contributed by atoms with van der Waals surface area (Å²) in [7, 11) is 0. The van der Waals surface area contributed by atoms with E-state index in [0.717, 1.165) is 51.2 Å². The Labute approximate surface area is 195 Å². The summed E-state index contributed by atoms with van der Waals surface area (Å²) < 4.78 is 14.0. The molecule has 1 aromatic rings. The zero-order valence-corrected chi connectivity index (χ0v) is 20.0. The van der Waals surface area contributed by atoms with Crippen molar-refractivity contribution in [2.45, 2.75) is 51.5 Å². The molecule has 168 valence electrons. The van der Waals surface area contributed by atoms with Gasteiger partial charge in [0.1, 0.15) is 0 Å². The Kier molecular flexibility index (Phi) is 10.6. The van der Waals surface area contributed by atoms with Crippen LogP contribution in [0.1, 0.15) is 45.4 Å².